The highest BCUT2D eigenvalue weighted by Gasteiger charge is 2.37. The summed E-state index contributed by atoms with van der Waals surface area (Å²) < 4.78 is 39.0. The Hall–Kier alpha value is -1.79. The molecule has 0 atom stereocenters. The molecule has 0 spiro atoms. The lowest BCUT2D eigenvalue weighted by Gasteiger charge is -2.20. The normalized spacial score (nSPS) is 15.9. The molecule has 2 rings (SSSR count). The first kappa shape index (κ1) is 13.6. The van der Waals surface area contributed by atoms with Crippen LogP contribution in [0, 0.1) is 6.92 Å². The summed E-state index contributed by atoms with van der Waals surface area (Å²) in [5.74, 6) is -0.849. The fourth-order valence-corrected chi connectivity index (χ4v) is 2.30. The molecule has 0 aromatic carbocycles. The van der Waals surface area contributed by atoms with Gasteiger partial charge in [0.15, 0.2) is 0 Å². The van der Waals surface area contributed by atoms with Crippen LogP contribution < -0.4 is 10.6 Å². The highest BCUT2D eigenvalue weighted by molar-refractivity contribution is 5.96. The third-order valence-corrected chi connectivity index (χ3v) is 3.17. The number of amides is 1. The van der Waals surface area contributed by atoms with E-state index in [2.05, 4.69) is 4.98 Å². The van der Waals surface area contributed by atoms with E-state index in [1.807, 2.05) is 0 Å². The summed E-state index contributed by atoms with van der Waals surface area (Å²) in [4.78, 5) is 17.1. The summed E-state index contributed by atoms with van der Waals surface area (Å²) in [6, 6.07) is 0.915. The number of anilines is 1. The fourth-order valence-electron chi connectivity index (χ4n) is 2.30. The van der Waals surface area contributed by atoms with Gasteiger partial charge in [0.05, 0.1) is 16.8 Å². The number of alkyl halides is 3. The third kappa shape index (κ3) is 2.64. The Balaban J connectivity index is 2.56. The molecule has 2 N–H and O–H groups in total. The molecule has 7 heteroatoms. The van der Waals surface area contributed by atoms with Crippen LogP contribution in [0.1, 0.15) is 34.5 Å². The van der Waals surface area contributed by atoms with Gasteiger partial charge in [-0.05, 0) is 25.8 Å². The summed E-state index contributed by atoms with van der Waals surface area (Å²) >= 11 is 0. The van der Waals surface area contributed by atoms with Crippen LogP contribution in [0.15, 0.2) is 6.07 Å². The molecular formula is C12H14F3N3O. The van der Waals surface area contributed by atoms with Crippen LogP contribution in [0.3, 0.4) is 0 Å². The number of hydrogen-bond acceptors (Lipinski definition) is 3. The van der Waals surface area contributed by atoms with Crippen molar-refractivity contribution in [1.29, 1.82) is 0 Å². The molecule has 1 aromatic heterocycles. The van der Waals surface area contributed by atoms with Gasteiger partial charge >= 0.3 is 6.18 Å². The van der Waals surface area contributed by atoms with Crippen LogP contribution in [0.2, 0.25) is 0 Å². The highest BCUT2D eigenvalue weighted by atomic mass is 19.4. The van der Waals surface area contributed by atoms with E-state index in [0.717, 1.165) is 18.9 Å². The van der Waals surface area contributed by atoms with Crippen molar-refractivity contribution in [3.05, 3.63) is 22.9 Å². The molecule has 0 unspecified atom stereocenters. The van der Waals surface area contributed by atoms with Crippen molar-refractivity contribution in [3.63, 3.8) is 0 Å². The Bertz CT molecular complexity index is 508. The molecule has 19 heavy (non-hydrogen) atoms. The minimum atomic E-state index is -4.62. The zero-order valence-corrected chi connectivity index (χ0v) is 10.4. The number of nitrogens with zero attached hydrogens (tertiary/aromatic N) is 2. The van der Waals surface area contributed by atoms with E-state index in [1.165, 1.54) is 6.92 Å². The van der Waals surface area contributed by atoms with Crippen molar-refractivity contribution in [2.45, 2.75) is 25.9 Å². The molecule has 104 valence electrons. The average Bonchev–Trinajstić information content (AvgIpc) is 2.79. The van der Waals surface area contributed by atoms with Gasteiger partial charge in [-0.1, -0.05) is 0 Å². The predicted octanol–water partition coefficient (Wildman–Crippen LogP) is 2.11. The van der Waals surface area contributed by atoms with E-state index in [1.54, 1.807) is 4.90 Å². The second-order valence-electron chi connectivity index (χ2n) is 4.54. The van der Waals surface area contributed by atoms with Crippen LogP contribution in [0.4, 0.5) is 19.0 Å². The van der Waals surface area contributed by atoms with Crippen LogP contribution in [-0.4, -0.2) is 24.0 Å². The molecule has 0 radical (unpaired) electrons. The Kier molecular flexibility index (Phi) is 3.38. The summed E-state index contributed by atoms with van der Waals surface area (Å²) in [6.45, 7) is 2.73. The van der Waals surface area contributed by atoms with E-state index in [4.69, 9.17) is 5.73 Å². The monoisotopic (exact) mass is 273 g/mol. The molecule has 1 saturated heterocycles. The second-order valence-corrected chi connectivity index (χ2v) is 4.54. The summed E-state index contributed by atoms with van der Waals surface area (Å²) in [6.07, 6.45) is -2.76. The van der Waals surface area contributed by atoms with E-state index < -0.39 is 23.2 Å². The first-order chi connectivity index (χ1) is 8.80. The van der Waals surface area contributed by atoms with E-state index in [0.29, 0.717) is 13.1 Å². The van der Waals surface area contributed by atoms with Gasteiger partial charge < -0.3 is 10.6 Å². The first-order valence-corrected chi connectivity index (χ1v) is 5.94. The quantitative estimate of drug-likeness (QED) is 0.897. The van der Waals surface area contributed by atoms with Gasteiger partial charge in [-0.15, -0.1) is 0 Å². The number of carbonyl (C=O) groups is 1. The van der Waals surface area contributed by atoms with Crippen molar-refractivity contribution in [2.24, 2.45) is 5.73 Å². The zero-order valence-electron chi connectivity index (χ0n) is 10.4. The fraction of sp³-hybridized carbons (Fsp3) is 0.500. The summed E-state index contributed by atoms with van der Waals surface area (Å²) in [5.41, 5.74) is 3.49. The van der Waals surface area contributed by atoms with Crippen LogP contribution in [0.25, 0.3) is 0 Å². The van der Waals surface area contributed by atoms with Crippen molar-refractivity contribution in [1.82, 2.24) is 4.98 Å². The van der Waals surface area contributed by atoms with Crippen molar-refractivity contribution in [2.75, 3.05) is 18.0 Å². The first-order valence-electron chi connectivity index (χ1n) is 5.94. The van der Waals surface area contributed by atoms with Gasteiger partial charge in [0.1, 0.15) is 5.82 Å². The minimum Gasteiger partial charge on any atom is -0.366 e. The lowest BCUT2D eigenvalue weighted by Crippen LogP contribution is -2.25. The second kappa shape index (κ2) is 4.71. The summed E-state index contributed by atoms with van der Waals surface area (Å²) in [7, 11) is 0. The van der Waals surface area contributed by atoms with Crippen LogP contribution in [-0.2, 0) is 6.18 Å². The lowest BCUT2D eigenvalue weighted by atomic mass is 10.1. The number of halogens is 3. The summed E-state index contributed by atoms with van der Waals surface area (Å²) in [5, 5.41) is 0. The molecule has 0 aliphatic carbocycles. The Morgan fingerprint density at radius 3 is 2.42 bits per heavy atom. The van der Waals surface area contributed by atoms with Crippen LogP contribution in [0.5, 0.6) is 0 Å². The van der Waals surface area contributed by atoms with E-state index >= 15 is 0 Å². The average molecular weight is 273 g/mol. The number of aromatic nitrogens is 1. The van der Waals surface area contributed by atoms with Crippen molar-refractivity contribution < 1.29 is 18.0 Å². The molecule has 1 fully saturated rings. The van der Waals surface area contributed by atoms with Crippen molar-refractivity contribution >= 4 is 11.7 Å². The van der Waals surface area contributed by atoms with Crippen LogP contribution >= 0.6 is 0 Å². The number of rotatable bonds is 2. The van der Waals surface area contributed by atoms with E-state index in [9.17, 15) is 18.0 Å². The smallest absolute Gasteiger partial charge is 0.366 e. The maximum Gasteiger partial charge on any atom is 0.417 e. The van der Waals surface area contributed by atoms with E-state index in [-0.39, 0.29) is 11.5 Å². The SMILES string of the molecule is Cc1nc(N2CCCC2)cc(C(F)(F)F)c1C(N)=O. The van der Waals surface area contributed by atoms with Gasteiger partial charge in [0.2, 0.25) is 0 Å². The third-order valence-electron chi connectivity index (χ3n) is 3.17. The zero-order chi connectivity index (χ0) is 14.2. The highest BCUT2D eigenvalue weighted by Crippen LogP contribution is 2.35. The maximum absolute atomic E-state index is 13.0. The molecule has 0 bridgehead atoms. The molecule has 1 aliphatic heterocycles. The number of nitrogens with two attached hydrogens (primary N) is 1. The molecule has 1 amide bonds. The minimum absolute atomic E-state index is 0.0178. The number of primary amides is 1. The standard InChI is InChI=1S/C12H14F3N3O/c1-7-10(11(16)19)8(12(13,14)15)6-9(17-7)18-4-2-3-5-18/h6H,2-5H2,1H3,(H2,16,19). The Morgan fingerprint density at radius 2 is 1.95 bits per heavy atom. The molecular weight excluding hydrogens is 259 g/mol. The number of carbonyl (C=O) groups excluding carboxylic acids is 1. The molecule has 2 heterocycles. The number of aryl methyl sites for hydroxylation is 1. The van der Waals surface area contributed by atoms with Gasteiger partial charge in [0.25, 0.3) is 5.91 Å². The molecule has 4 nitrogen and oxygen atoms in total. The van der Waals surface area contributed by atoms with Gasteiger partial charge in [0, 0.05) is 13.1 Å². The lowest BCUT2D eigenvalue weighted by molar-refractivity contribution is -0.138. The Morgan fingerprint density at radius 1 is 1.37 bits per heavy atom. The van der Waals surface area contributed by atoms with Gasteiger partial charge in [-0.2, -0.15) is 13.2 Å². The number of pyridine rings is 1. The maximum atomic E-state index is 13.0. The molecule has 1 aromatic rings. The topological polar surface area (TPSA) is 59.2 Å². The molecule has 1 aliphatic rings. The predicted molar refractivity (Wildman–Crippen MR) is 63.9 cm³/mol. The van der Waals surface area contributed by atoms with Gasteiger partial charge in [-0.3, -0.25) is 4.79 Å². The Labute approximate surface area is 108 Å². The number of hydrogen-bond donors (Lipinski definition) is 1. The largest absolute Gasteiger partial charge is 0.417 e. The van der Waals surface area contributed by atoms with Crippen molar-refractivity contribution in [3.8, 4) is 0 Å². The molecule has 0 saturated carbocycles. The van der Waals surface area contributed by atoms with Gasteiger partial charge in [-0.25, -0.2) is 4.98 Å².